The van der Waals surface area contributed by atoms with Crippen molar-refractivity contribution in [2.24, 2.45) is 0 Å². The number of aromatic nitrogens is 10. The second-order valence-corrected chi connectivity index (χ2v) is 9.14. The zero-order valence-electron chi connectivity index (χ0n) is 20.3. The molecule has 0 bridgehead atoms. The summed E-state index contributed by atoms with van der Waals surface area (Å²) in [7, 11) is 0. The van der Waals surface area contributed by atoms with E-state index in [0.29, 0.717) is 15.0 Å². The zero-order chi connectivity index (χ0) is 27.8. The van der Waals surface area contributed by atoms with Crippen LogP contribution in [-0.2, 0) is 6.54 Å². The molecule has 15 heteroatoms. The van der Waals surface area contributed by atoms with Gasteiger partial charge in [-0.15, -0.1) is 5.10 Å². The Hall–Kier alpha value is -5.24. The number of tetrazole rings is 1. The zero-order valence-corrected chi connectivity index (χ0v) is 21.0. The van der Waals surface area contributed by atoms with E-state index in [1.165, 1.54) is 52.6 Å². The standard InChI is InChI=1S/C25H17ClF2N10O2/c26-20-2-4-22(37-15-29-32-33-37)24(25(20)28)17-1-3-21(38(40)12-17)23(14-34-13-19(27)10-30-34)36-11-18(9-31-36)16-5-7-35(39)8-6-16/h1-13,15,23H,14H2. The molecule has 1 atom stereocenters. The minimum Gasteiger partial charge on any atom is -0.619 e. The Bertz CT molecular complexity index is 1810. The lowest BCUT2D eigenvalue weighted by Crippen LogP contribution is -2.37. The van der Waals surface area contributed by atoms with Crippen LogP contribution in [0.2, 0.25) is 5.02 Å². The van der Waals surface area contributed by atoms with Gasteiger partial charge in [0.25, 0.3) is 0 Å². The van der Waals surface area contributed by atoms with Crippen LogP contribution in [0.25, 0.3) is 27.9 Å². The van der Waals surface area contributed by atoms with Crippen LogP contribution in [-0.4, -0.2) is 39.8 Å². The maximum absolute atomic E-state index is 15.3. The summed E-state index contributed by atoms with van der Waals surface area (Å²) in [6, 6.07) is 8.54. The monoisotopic (exact) mass is 562 g/mol. The lowest BCUT2D eigenvalue weighted by atomic mass is 10.0. The molecule has 5 heterocycles. The van der Waals surface area contributed by atoms with Crippen molar-refractivity contribution in [3.8, 4) is 27.9 Å². The first-order valence-corrected chi connectivity index (χ1v) is 12.1. The van der Waals surface area contributed by atoms with Gasteiger partial charge in [0.1, 0.15) is 6.33 Å². The van der Waals surface area contributed by atoms with Gasteiger partial charge in [-0.3, -0.25) is 9.36 Å². The summed E-state index contributed by atoms with van der Waals surface area (Å²) < 4.78 is 34.4. The van der Waals surface area contributed by atoms with Gasteiger partial charge < -0.3 is 10.4 Å². The first-order valence-electron chi connectivity index (χ1n) is 11.7. The van der Waals surface area contributed by atoms with Gasteiger partial charge in [-0.05, 0) is 34.2 Å². The Morgan fingerprint density at radius 2 is 1.75 bits per heavy atom. The fourth-order valence-electron chi connectivity index (χ4n) is 4.37. The van der Waals surface area contributed by atoms with E-state index < -0.39 is 17.7 Å². The summed E-state index contributed by atoms with van der Waals surface area (Å²) in [6.07, 6.45) is 10.8. The third-order valence-electron chi connectivity index (χ3n) is 6.26. The second kappa shape index (κ2) is 10.1. The molecule has 0 amide bonds. The van der Waals surface area contributed by atoms with Crippen molar-refractivity contribution in [2.75, 3.05) is 0 Å². The van der Waals surface area contributed by atoms with Crippen LogP contribution in [0.1, 0.15) is 11.7 Å². The van der Waals surface area contributed by atoms with E-state index in [9.17, 15) is 14.8 Å². The van der Waals surface area contributed by atoms with Crippen molar-refractivity contribution >= 4 is 11.6 Å². The van der Waals surface area contributed by atoms with E-state index in [0.717, 1.165) is 11.8 Å². The smallest absolute Gasteiger partial charge is 0.219 e. The molecule has 200 valence electrons. The Labute approximate surface area is 229 Å². The van der Waals surface area contributed by atoms with Gasteiger partial charge in [-0.1, -0.05) is 11.6 Å². The molecular weight excluding hydrogens is 546 g/mol. The number of pyridine rings is 2. The molecule has 0 aliphatic carbocycles. The average Bonchev–Trinajstić information content (AvgIpc) is 3.72. The van der Waals surface area contributed by atoms with Gasteiger partial charge in [0.2, 0.25) is 5.69 Å². The summed E-state index contributed by atoms with van der Waals surface area (Å²) in [5.74, 6) is -1.28. The Morgan fingerprint density at radius 3 is 2.45 bits per heavy atom. The number of hydrogen-bond donors (Lipinski definition) is 0. The Kier molecular flexibility index (Phi) is 6.36. The summed E-state index contributed by atoms with van der Waals surface area (Å²) >= 11 is 6.06. The minimum atomic E-state index is -0.745. The van der Waals surface area contributed by atoms with Gasteiger partial charge in [0, 0.05) is 30.0 Å². The van der Waals surface area contributed by atoms with Crippen LogP contribution < -0.4 is 9.46 Å². The predicted molar refractivity (Wildman–Crippen MR) is 135 cm³/mol. The van der Waals surface area contributed by atoms with Crippen LogP contribution in [0.3, 0.4) is 0 Å². The molecule has 0 fully saturated rings. The third kappa shape index (κ3) is 4.71. The van der Waals surface area contributed by atoms with Crippen molar-refractivity contribution < 1.29 is 18.2 Å². The third-order valence-corrected chi connectivity index (χ3v) is 6.55. The first kappa shape index (κ1) is 25.1. The van der Waals surface area contributed by atoms with Gasteiger partial charge in [-0.2, -0.15) is 24.3 Å². The van der Waals surface area contributed by atoms with E-state index >= 15 is 4.39 Å². The molecule has 0 aliphatic heterocycles. The summed E-state index contributed by atoms with van der Waals surface area (Å²) in [6.45, 7) is 0.0589. The summed E-state index contributed by atoms with van der Waals surface area (Å²) in [5, 5.41) is 44.2. The second-order valence-electron chi connectivity index (χ2n) is 8.73. The predicted octanol–water partition coefficient (Wildman–Crippen LogP) is 2.88. The molecule has 5 aromatic heterocycles. The van der Waals surface area contributed by atoms with Crippen molar-refractivity contribution in [3.63, 3.8) is 0 Å². The van der Waals surface area contributed by atoms with Crippen molar-refractivity contribution in [1.82, 2.24) is 39.8 Å². The molecule has 0 aliphatic rings. The quantitative estimate of drug-likeness (QED) is 0.216. The normalized spacial score (nSPS) is 12.1. The minimum absolute atomic E-state index is 0.0303. The maximum Gasteiger partial charge on any atom is 0.219 e. The highest BCUT2D eigenvalue weighted by molar-refractivity contribution is 6.31. The Morgan fingerprint density at radius 1 is 0.925 bits per heavy atom. The molecule has 0 radical (unpaired) electrons. The highest BCUT2D eigenvalue weighted by Crippen LogP contribution is 2.33. The van der Waals surface area contributed by atoms with E-state index in [2.05, 4.69) is 25.7 Å². The molecule has 1 aromatic carbocycles. The molecule has 1 unspecified atom stereocenters. The van der Waals surface area contributed by atoms with E-state index in [-0.39, 0.29) is 34.1 Å². The lowest BCUT2D eigenvalue weighted by Gasteiger charge is -2.18. The van der Waals surface area contributed by atoms with Gasteiger partial charge in [0.05, 0.1) is 47.0 Å². The van der Waals surface area contributed by atoms with Gasteiger partial charge >= 0.3 is 0 Å². The molecule has 0 saturated carbocycles. The van der Waals surface area contributed by atoms with Gasteiger partial charge in [-0.25, -0.2) is 8.78 Å². The highest BCUT2D eigenvalue weighted by atomic mass is 35.5. The summed E-state index contributed by atoms with van der Waals surface area (Å²) in [4.78, 5) is 0. The fourth-order valence-corrected chi connectivity index (χ4v) is 4.52. The van der Waals surface area contributed by atoms with E-state index in [1.54, 1.807) is 41.3 Å². The number of hydrogen-bond acceptors (Lipinski definition) is 7. The highest BCUT2D eigenvalue weighted by Gasteiger charge is 2.27. The fraction of sp³-hybridized carbons (Fsp3) is 0.0800. The topological polar surface area (TPSA) is 133 Å². The maximum atomic E-state index is 15.3. The number of nitrogens with zero attached hydrogens (tertiary/aromatic N) is 10. The molecular formula is C25H17ClF2N10O2. The van der Waals surface area contributed by atoms with E-state index in [4.69, 9.17) is 11.6 Å². The molecule has 6 rings (SSSR count). The first-order chi connectivity index (χ1) is 19.4. The summed E-state index contributed by atoms with van der Waals surface area (Å²) in [5.41, 5.74) is 2.19. The SMILES string of the molecule is [O-][n+]1ccc(-c2cnn(C(Cn3cc(F)cn3)c3ccc(-c4c(-n5cnnn5)ccc(Cl)c4F)c[n+]3[O-])c2)cc1. The molecule has 0 spiro atoms. The lowest BCUT2D eigenvalue weighted by molar-refractivity contribution is -0.615. The number of benzene rings is 1. The molecule has 0 saturated heterocycles. The van der Waals surface area contributed by atoms with Crippen LogP contribution in [0.5, 0.6) is 0 Å². The van der Waals surface area contributed by atoms with Gasteiger partial charge in [0.15, 0.2) is 36.3 Å². The number of rotatable bonds is 7. The number of halogens is 3. The van der Waals surface area contributed by atoms with Crippen molar-refractivity contribution in [2.45, 2.75) is 12.6 Å². The molecule has 0 N–H and O–H groups in total. The molecule has 12 nitrogen and oxygen atoms in total. The largest absolute Gasteiger partial charge is 0.619 e. The van der Waals surface area contributed by atoms with Crippen LogP contribution in [0.4, 0.5) is 8.78 Å². The van der Waals surface area contributed by atoms with E-state index in [1.807, 2.05) is 0 Å². The van der Waals surface area contributed by atoms with Crippen LogP contribution >= 0.6 is 11.6 Å². The van der Waals surface area contributed by atoms with Crippen molar-refractivity contribution in [1.29, 1.82) is 0 Å². The van der Waals surface area contributed by atoms with Crippen LogP contribution in [0.15, 0.2) is 86.1 Å². The van der Waals surface area contributed by atoms with Crippen LogP contribution in [0, 0.1) is 22.0 Å². The molecule has 40 heavy (non-hydrogen) atoms. The average molecular weight is 563 g/mol. The molecule has 6 aromatic rings. The Balaban J connectivity index is 1.43. The van der Waals surface area contributed by atoms with Crippen molar-refractivity contribution in [3.05, 3.63) is 119 Å².